The van der Waals surface area contributed by atoms with E-state index in [1.165, 1.54) is 12.3 Å². The standard InChI is InChI=1S/C14H9N5O/c15-9-11-8-13(6-7-16-11)20-14-17-10-19(18-14)12-4-2-1-3-5-12/h1-8,10H. The van der Waals surface area contributed by atoms with Crippen molar-refractivity contribution in [1.29, 1.82) is 5.26 Å². The SMILES string of the molecule is N#Cc1cc(Oc2ncn(-c3ccccc3)n2)ccn1. The summed E-state index contributed by atoms with van der Waals surface area (Å²) in [6.07, 6.45) is 3.07. The van der Waals surface area contributed by atoms with Crippen LogP contribution in [0.1, 0.15) is 5.69 Å². The number of aromatic nitrogens is 4. The van der Waals surface area contributed by atoms with E-state index in [2.05, 4.69) is 15.1 Å². The molecule has 2 heterocycles. The number of para-hydroxylation sites is 1. The molecule has 0 saturated carbocycles. The number of pyridine rings is 1. The molecule has 0 atom stereocenters. The van der Waals surface area contributed by atoms with Crippen LogP contribution in [0.15, 0.2) is 55.0 Å². The Bertz CT molecular complexity index is 760. The summed E-state index contributed by atoms with van der Waals surface area (Å²) in [6, 6.07) is 14.9. The molecular weight excluding hydrogens is 254 g/mol. The number of hydrogen-bond donors (Lipinski definition) is 0. The molecule has 2 aromatic heterocycles. The van der Waals surface area contributed by atoms with E-state index in [1.807, 2.05) is 36.4 Å². The average Bonchev–Trinajstić information content (AvgIpc) is 2.97. The van der Waals surface area contributed by atoms with Gasteiger partial charge in [0.2, 0.25) is 0 Å². The van der Waals surface area contributed by atoms with Crippen molar-refractivity contribution < 1.29 is 4.74 Å². The second-order valence-electron chi connectivity index (χ2n) is 3.90. The first-order valence-electron chi connectivity index (χ1n) is 5.86. The van der Waals surface area contributed by atoms with Crippen LogP contribution in [0, 0.1) is 11.3 Å². The third-order valence-corrected chi connectivity index (χ3v) is 2.55. The Hall–Kier alpha value is -3.20. The molecule has 3 aromatic rings. The van der Waals surface area contributed by atoms with Crippen LogP contribution >= 0.6 is 0 Å². The Labute approximate surface area is 114 Å². The molecule has 6 heteroatoms. The van der Waals surface area contributed by atoms with E-state index in [0.717, 1.165) is 5.69 Å². The summed E-state index contributed by atoms with van der Waals surface area (Å²) in [5.41, 5.74) is 1.17. The Morgan fingerprint density at radius 2 is 1.95 bits per heavy atom. The summed E-state index contributed by atoms with van der Waals surface area (Å²) in [6.45, 7) is 0. The van der Waals surface area contributed by atoms with Gasteiger partial charge in [-0.25, -0.2) is 9.67 Å². The lowest BCUT2D eigenvalue weighted by atomic mass is 10.3. The predicted molar refractivity (Wildman–Crippen MR) is 70.4 cm³/mol. The second-order valence-corrected chi connectivity index (χ2v) is 3.90. The zero-order chi connectivity index (χ0) is 13.8. The molecule has 0 saturated heterocycles. The normalized spacial score (nSPS) is 9.95. The molecular formula is C14H9N5O. The highest BCUT2D eigenvalue weighted by Crippen LogP contribution is 2.18. The molecule has 3 rings (SSSR count). The number of ether oxygens (including phenoxy) is 1. The van der Waals surface area contributed by atoms with Gasteiger partial charge in [-0.2, -0.15) is 10.2 Å². The summed E-state index contributed by atoms with van der Waals surface area (Å²) in [5.74, 6) is 0.474. The minimum Gasteiger partial charge on any atom is -0.423 e. The molecule has 0 spiro atoms. The Balaban J connectivity index is 1.83. The summed E-state index contributed by atoms with van der Waals surface area (Å²) in [4.78, 5) is 7.93. The van der Waals surface area contributed by atoms with E-state index in [0.29, 0.717) is 5.75 Å². The molecule has 6 nitrogen and oxygen atoms in total. The minimum absolute atomic E-state index is 0.212. The molecule has 0 aliphatic heterocycles. The van der Waals surface area contributed by atoms with Gasteiger partial charge in [-0.05, 0) is 18.2 Å². The van der Waals surface area contributed by atoms with Gasteiger partial charge in [-0.3, -0.25) is 0 Å². The van der Waals surface area contributed by atoms with E-state index in [4.69, 9.17) is 10.00 Å². The monoisotopic (exact) mass is 263 g/mol. The average molecular weight is 263 g/mol. The fraction of sp³-hybridized carbons (Fsp3) is 0. The molecule has 0 unspecified atom stereocenters. The lowest BCUT2D eigenvalue weighted by Gasteiger charge is -2.00. The molecule has 0 aliphatic rings. The number of nitriles is 1. The summed E-state index contributed by atoms with van der Waals surface area (Å²) >= 11 is 0. The Morgan fingerprint density at radius 3 is 2.75 bits per heavy atom. The van der Waals surface area contributed by atoms with Gasteiger partial charge in [0, 0.05) is 12.3 Å². The van der Waals surface area contributed by atoms with E-state index in [9.17, 15) is 0 Å². The molecule has 96 valence electrons. The van der Waals surface area contributed by atoms with Crippen LogP contribution in [0.3, 0.4) is 0 Å². The van der Waals surface area contributed by atoms with E-state index >= 15 is 0 Å². The largest absolute Gasteiger partial charge is 0.423 e. The van der Waals surface area contributed by atoms with Crippen LogP contribution in [-0.2, 0) is 0 Å². The third kappa shape index (κ3) is 2.47. The van der Waals surface area contributed by atoms with Crippen LogP contribution in [-0.4, -0.2) is 19.7 Å². The number of rotatable bonds is 3. The molecule has 0 amide bonds. The van der Waals surface area contributed by atoms with Crippen molar-refractivity contribution in [2.24, 2.45) is 0 Å². The van der Waals surface area contributed by atoms with Crippen molar-refractivity contribution in [3.8, 4) is 23.5 Å². The molecule has 0 fully saturated rings. The van der Waals surface area contributed by atoms with E-state index < -0.39 is 0 Å². The number of nitrogens with zero attached hydrogens (tertiary/aromatic N) is 5. The van der Waals surface area contributed by atoms with Crippen LogP contribution in [0.5, 0.6) is 11.8 Å². The molecule has 20 heavy (non-hydrogen) atoms. The number of hydrogen-bond acceptors (Lipinski definition) is 5. The van der Waals surface area contributed by atoms with Crippen molar-refractivity contribution in [3.05, 3.63) is 60.7 Å². The summed E-state index contributed by atoms with van der Waals surface area (Å²) < 4.78 is 7.10. The molecule has 1 aromatic carbocycles. The smallest absolute Gasteiger partial charge is 0.341 e. The van der Waals surface area contributed by atoms with E-state index in [1.54, 1.807) is 17.1 Å². The van der Waals surface area contributed by atoms with Gasteiger partial charge in [0.15, 0.2) is 0 Å². The van der Waals surface area contributed by atoms with Gasteiger partial charge in [-0.1, -0.05) is 18.2 Å². The molecule has 0 aliphatic carbocycles. The maximum atomic E-state index is 8.78. The van der Waals surface area contributed by atoms with Gasteiger partial charge in [0.1, 0.15) is 23.8 Å². The van der Waals surface area contributed by atoms with Crippen molar-refractivity contribution in [2.45, 2.75) is 0 Å². The summed E-state index contributed by atoms with van der Waals surface area (Å²) in [7, 11) is 0. The van der Waals surface area contributed by atoms with Gasteiger partial charge in [0.25, 0.3) is 0 Å². The van der Waals surface area contributed by atoms with Crippen molar-refractivity contribution in [1.82, 2.24) is 19.7 Å². The van der Waals surface area contributed by atoms with Gasteiger partial charge in [-0.15, -0.1) is 5.10 Å². The Kier molecular flexibility index (Phi) is 3.08. The maximum absolute atomic E-state index is 8.78. The van der Waals surface area contributed by atoms with Crippen molar-refractivity contribution >= 4 is 0 Å². The zero-order valence-electron chi connectivity index (χ0n) is 10.3. The Morgan fingerprint density at radius 1 is 1.10 bits per heavy atom. The third-order valence-electron chi connectivity index (χ3n) is 2.55. The molecule has 0 radical (unpaired) electrons. The second kappa shape index (κ2) is 5.20. The minimum atomic E-state index is 0.212. The predicted octanol–water partition coefficient (Wildman–Crippen LogP) is 2.33. The van der Waals surface area contributed by atoms with E-state index in [-0.39, 0.29) is 11.7 Å². The molecule has 0 bridgehead atoms. The van der Waals surface area contributed by atoms with Crippen LogP contribution in [0.4, 0.5) is 0 Å². The highest BCUT2D eigenvalue weighted by Gasteiger charge is 2.05. The fourth-order valence-electron chi connectivity index (χ4n) is 1.64. The maximum Gasteiger partial charge on any atom is 0.341 e. The molecule has 0 N–H and O–H groups in total. The van der Waals surface area contributed by atoms with Crippen molar-refractivity contribution in [3.63, 3.8) is 0 Å². The lowest BCUT2D eigenvalue weighted by molar-refractivity contribution is 0.440. The van der Waals surface area contributed by atoms with Crippen LogP contribution < -0.4 is 4.74 Å². The quantitative estimate of drug-likeness (QED) is 0.724. The highest BCUT2D eigenvalue weighted by atomic mass is 16.5. The first-order valence-corrected chi connectivity index (χ1v) is 5.86. The van der Waals surface area contributed by atoms with Crippen molar-refractivity contribution in [2.75, 3.05) is 0 Å². The first kappa shape index (κ1) is 11.9. The van der Waals surface area contributed by atoms with Gasteiger partial charge in [0.05, 0.1) is 5.69 Å². The van der Waals surface area contributed by atoms with Crippen LogP contribution in [0.25, 0.3) is 5.69 Å². The summed E-state index contributed by atoms with van der Waals surface area (Å²) in [5, 5.41) is 13.0. The van der Waals surface area contributed by atoms with Gasteiger partial charge >= 0.3 is 6.01 Å². The topological polar surface area (TPSA) is 76.6 Å². The zero-order valence-corrected chi connectivity index (χ0v) is 10.3. The fourth-order valence-corrected chi connectivity index (χ4v) is 1.64. The highest BCUT2D eigenvalue weighted by molar-refractivity contribution is 5.32. The van der Waals surface area contributed by atoms with Gasteiger partial charge < -0.3 is 4.74 Å². The van der Waals surface area contributed by atoms with Crippen LogP contribution in [0.2, 0.25) is 0 Å². The lowest BCUT2D eigenvalue weighted by Crippen LogP contribution is -1.94. The first-order chi connectivity index (χ1) is 9.85. The number of benzene rings is 1.